The summed E-state index contributed by atoms with van der Waals surface area (Å²) in [6, 6.07) is 0.316. The Bertz CT molecular complexity index is 1040. The van der Waals surface area contributed by atoms with Gasteiger partial charge in [0.05, 0.1) is 16.4 Å². The average Bonchev–Trinajstić information content (AvgIpc) is 3.41. The highest BCUT2D eigenvalue weighted by Gasteiger charge is 2.38. The normalized spacial score (nSPS) is 13.4. The number of fused-ring (bicyclic) bond motifs is 1. The molecule has 1 saturated carbocycles. The van der Waals surface area contributed by atoms with Crippen molar-refractivity contribution in [1.29, 1.82) is 0 Å². The number of carbonyl (C=O) groups excluding carboxylic acids is 1. The molecule has 5 N–H and O–H groups in total. The van der Waals surface area contributed by atoms with E-state index in [0.29, 0.717) is 21.6 Å². The molecule has 0 aromatic carbocycles. The molecule has 0 atom stereocenters. The van der Waals surface area contributed by atoms with Crippen LogP contribution in [0.2, 0.25) is 5.02 Å². The lowest BCUT2D eigenvalue weighted by atomic mass is 10.1. The summed E-state index contributed by atoms with van der Waals surface area (Å²) in [7, 11) is 0. The third-order valence-electron chi connectivity index (χ3n) is 3.82. The van der Waals surface area contributed by atoms with Gasteiger partial charge in [-0.25, -0.2) is 14.6 Å². The van der Waals surface area contributed by atoms with Gasteiger partial charge in [-0.3, -0.25) is 4.79 Å². The number of nitrogens with zero attached hydrogens (tertiary/aromatic N) is 1. The van der Waals surface area contributed by atoms with Crippen molar-refractivity contribution in [2.24, 2.45) is 0 Å². The number of carbonyl (C=O) groups is 3. The number of hydrogen-bond acceptors (Lipinski definition) is 6. The smallest absolute Gasteiger partial charge is 0.475 e. The second-order valence-electron chi connectivity index (χ2n) is 6.51. The number of carboxylic acids is 2. The van der Waals surface area contributed by atoms with Crippen LogP contribution in [0.15, 0.2) is 0 Å². The Hall–Kier alpha value is -2.81. The minimum atomic E-state index is -5.08. The second kappa shape index (κ2) is 10.4. The number of carboxylic acid groups (broad SMARTS) is 2. The van der Waals surface area contributed by atoms with E-state index in [-0.39, 0.29) is 5.91 Å². The highest BCUT2D eigenvalue weighted by molar-refractivity contribution is 7.21. The standard InChI is InChI=1S/C13H14ClN3OS.2C2HF3O2/c1-5-8-10(15)11(12(18)17-7-3-4-7)19-13(8)16-6(2)9(5)14;2*3-2(4,5)1(6)7/h7H,3-4,15H2,1-2H3,(H,17,18);2*(H,6,7). The fourth-order valence-corrected chi connectivity index (χ4v) is 3.34. The molecule has 0 unspecified atom stereocenters. The summed E-state index contributed by atoms with van der Waals surface area (Å²) in [6.07, 6.45) is -8.06. The number of aryl methyl sites for hydroxylation is 2. The summed E-state index contributed by atoms with van der Waals surface area (Å²) in [4.78, 5) is 35.7. The first kappa shape index (κ1) is 28.2. The molecule has 3 rings (SSSR count). The number of nitrogens with two attached hydrogens (primary N) is 1. The number of aliphatic carboxylic acids is 2. The fourth-order valence-electron chi connectivity index (χ4n) is 2.10. The van der Waals surface area contributed by atoms with Crippen molar-refractivity contribution < 1.29 is 50.9 Å². The molecule has 0 spiro atoms. The highest BCUT2D eigenvalue weighted by Crippen LogP contribution is 2.38. The van der Waals surface area contributed by atoms with E-state index in [0.717, 1.165) is 34.3 Å². The zero-order chi connectivity index (χ0) is 25.9. The lowest BCUT2D eigenvalue weighted by Crippen LogP contribution is -2.25. The first-order chi connectivity index (χ1) is 14.9. The van der Waals surface area contributed by atoms with Gasteiger partial charge in [0.15, 0.2) is 0 Å². The van der Waals surface area contributed by atoms with Crippen molar-refractivity contribution in [3.05, 3.63) is 21.2 Å². The maximum Gasteiger partial charge on any atom is 0.490 e. The molecular formula is C17H16ClF6N3O5S. The van der Waals surface area contributed by atoms with E-state index in [1.54, 1.807) is 0 Å². The number of thiophene rings is 1. The molecule has 1 fully saturated rings. The van der Waals surface area contributed by atoms with Gasteiger partial charge in [0.2, 0.25) is 0 Å². The van der Waals surface area contributed by atoms with Crippen LogP contribution < -0.4 is 11.1 Å². The Kier molecular flexibility index (Phi) is 8.91. The molecule has 0 radical (unpaired) electrons. The number of halogens is 7. The van der Waals surface area contributed by atoms with Crippen LogP contribution in [0, 0.1) is 13.8 Å². The minimum absolute atomic E-state index is 0.101. The van der Waals surface area contributed by atoms with Gasteiger partial charge in [-0.05, 0) is 32.3 Å². The SMILES string of the molecule is Cc1nc2sc(C(=O)NC3CC3)c(N)c2c(C)c1Cl.O=C(O)C(F)(F)F.O=C(O)C(F)(F)F. The Balaban J connectivity index is 0.000000324. The molecule has 33 heavy (non-hydrogen) atoms. The summed E-state index contributed by atoms with van der Waals surface area (Å²) in [5.41, 5.74) is 8.26. The van der Waals surface area contributed by atoms with Gasteiger partial charge < -0.3 is 21.3 Å². The zero-order valence-electron chi connectivity index (χ0n) is 16.7. The van der Waals surface area contributed by atoms with E-state index >= 15 is 0 Å². The van der Waals surface area contributed by atoms with Gasteiger partial charge >= 0.3 is 24.3 Å². The van der Waals surface area contributed by atoms with Crippen LogP contribution in [0.1, 0.15) is 33.8 Å². The Morgan fingerprint density at radius 3 is 1.85 bits per heavy atom. The maximum atomic E-state index is 12.1. The molecule has 0 saturated heterocycles. The number of aromatic nitrogens is 1. The van der Waals surface area contributed by atoms with Crippen molar-refractivity contribution in [1.82, 2.24) is 10.3 Å². The van der Waals surface area contributed by atoms with Gasteiger partial charge in [-0.15, -0.1) is 11.3 Å². The van der Waals surface area contributed by atoms with E-state index in [1.165, 1.54) is 11.3 Å². The van der Waals surface area contributed by atoms with Gasteiger partial charge in [-0.1, -0.05) is 11.6 Å². The Labute approximate surface area is 190 Å². The summed E-state index contributed by atoms with van der Waals surface area (Å²) in [5.74, 6) is -5.61. The van der Waals surface area contributed by atoms with Crippen LogP contribution in [0.3, 0.4) is 0 Å². The van der Waals surface area contributed by atoms with Crippen molar-refractivity contribution in [2.45, 2.75) is 45.1 Å². The molecule has 1 amide bonds. The number of alkyl halides is 6. The summed E-state index contributed by atoms with van der Waals surface area (Å²) >= 11 is 7.53. The molecule has 1 aliphatic rings. The van der Waals surface area contributed by atoms with E-state index in [4.69, 9.17) is 37.1 Å². The van der Waals surface area contributed by atoms with Crippen LogP contribution in [0.25, 0.3) is 10.2 Å². The number of pyridine rings is 1. The highest BCUT2D eigenvalue weighted by atomic mass is 35.5. The molecule has 1 aliphatic carbocycles. The lowest BCUT2D eigenvalue weighted by Gasteiger charge is -2.04. The monoisotopic (exact) mass is 523 g/mol. The number of rotatable bonds is 2. The topological polar surface area (TPSA) is 143 Å². The molecule has 2 aromatic heterocycles. The lowest BCUT2D eigenvalue weighted by molar-refractivity contribution is -0.193. The number of anilines is 1. The zero-order valence-corrected chi connectivity index (χ0v) is 18.3. The van der Waals surface area contributed by atoms with Crippen molar-refractivity contribution in [3.63, 3.8) is 0 Å². The molecule has 0 bridgehead atoms. The predicted molar refractivity (Wildman–Crippen MR) is 106 cm³/mol. The molecule has 16 heteroatoms. The Morgan fingerprint density at radius 2 is 1.48 bits per heavy atom. The second-order valence-corrected chi connectivity index (χ2v) is 7.89. The molecule has 8 nitrogen and oxygen atoms in total. The van der Waals surface area contributed by atoms with Crippen molar-refractivity contribution >= 4 is 56.7 Å². The average molecular weight is 524 g/mol. The molecule has 2 aromatic rings. The predicted octanol–water partition coefficient (Wildman–Crippen LogP) is 4.31. The Morgan fingerprint density at radius 1 is 1.06 bits per heavy atom. The maximum absolute atomic E-state index is 12.1. The third kappa shape index (κ3) is 7.92. The van der Waals surface area contributed by atoms with E-state index < -0.39 is 24.3 Å². The van der Waals surface area contributed by atoms with Crippen LogP contribution in [-0.4, -0.2) is 51.4 Å². The first-order valence-corrected chi connectivity index (χ1v) is 9.83. The minimum Gasteiger partial charge on any atom is -0.475 e. The van der Waals surface area contributed by atoms with Gasteiger partial charge in [0, 0.05) is 11.4 Å². The largest absolute Gasteiger partial charge is 0.490 e. The molecule has 184 valence electrons. The van der Waals surface area contributed by atoms with Crippen molar-refractivity contribution in [3.8, 4) is 0 Å². The van der Waals surface area contributed by atoms with Crippen LogP contribution in [-0.2, 0) is 9.59 Å². The molecular weight excluding hydrogens is 508 g/mol. The van der Waals surface area contributed by atoms with E-state index in [2.05, 4.69) is 10.3 Å². The molecule has 2 heterocycles. The summed E-state index contributed by atoms with van der Waals surface area (Å²) in [6.45, 7) is 3.76. The number of hydrogen-bond donors (Lipinski definition) is 4. The van der Waals surface area contributed by atoms with Gasteiger partial charge in [0.1, 0.15) is 9.71 Å². The molecule has 0 aliphatic heterocycles. The van der Waals surface area contributed by atoms with E-state index in [1.807, 2.05) is 13.8 Å². The quantitative estimate of drug-likeness (QED) is 0.430. The van der Waals surface area contributed by atoms with Crippen LogP contribution >= 0.6 is 22.9 Å². The number of nitrogen functional groups attached to an aromatic ring is 1. The van der Waals surface area contributed by atoms with Crippen molar-refractivity contribution in [2.75, 3.05) is 5.73 Å². The van der Waals surface area contributed by atoms with Crippen LogP contribution in [0.5, 0.6) is 0 Å². The fraction of sp³-hybridized carbons (Fsp3) is 0.412. The van der Waals surface area contributed by atoms with E-state index in [9.17, 15) is 31.1 Å². The first-order valence-electron chi connectivity index (χ1n) is 8.63. The van der Waals surface area contributed by atoms with Gasteiger partial charge in [0.25, 0.3) is 5.91 Å². The number of nitrogens with one attached hydrogen (secondary N) is 1. The van der Waals surface area contributed by atoms with Gasteiger partial charge in [-0.2, -0.15) is 26.3 Å². The summed E-state index contributed by atoms with van der Waals surface area (Å²) < 4.78 is 63.5. The summed E-state index contributed by atoms with van der Waals surface area (Å²) in [5, 5.41) is 18.6. The van der Waals surface area contributed by atoms with Crippen LogP contribution in [0.4, 0.5) is 32.0 Å². The third-order valence-corrected chi connectivity index (χ3v) is 5.48. The number of amides is 1.